The van der Waals surface area contributed by atoms with Crippen LogP contribution in [-0.2, 0) is 0 Å². The van der Waals surface area contributed by atoms with Crippen molar-refractivity contribution < 1.29 is 14.5 Å². The van der Waals surface area contributed by atoms with E-state index in [-0.39, 0.29) is 16.3 Å². The first-order valence-electron chi connectivity index (χ1n) is 6.53. The SMILES string of the molecule is COc1ccc(Br)cc1/C=N\NC(=O)c1ccc(Cl)c([N+](=O)[O-])c1. The van der Waals surface area contributed by atoms with Gasteiger partial charge in [0.1, 0.15) is 10.8 Å². The number of nitrogens with zero attached hydrogens (tertiary/aromatic N) is 2. The van der Waals surface area contributed by atoms with Gasteiger partial charge in [0.25, 0.3) is 11.6 Å². The molecule has 0 aliphatic carbocycles. The van der Waals surface area contributed by atoms with E-state index in [1.165, 1.54) is 25.5 Å². The lowest BCUT2D eigenvalue weighted by molar-refractivity contribution is -0.384. The molecule has 1 amide bonds. The van der Waals surface area contributed by atoms with Gasteiger partial charge in [-0.05, 0) is 30.3 Å². The first-order valence-corrected chi connectivity index (χ1v) is 7.70. The highest BCUT2D eigenvalue weighted by atomic mass is 79.9. The number of amides is 1. The molecule has 0 heterocycles. The number of rotatable bonds is 5. The minimum atomic E-state index is -0.658. The van der Waals surface area contributed by atoms with E-state index in [0.717, 1.165) is 10.5 Å². The summed E-state index contributed by atoms with van der Waals surface area (Å²) in [6.45, 7) is 0. The van der Waals surface area contributed by atoms with E-state index in [2.05, 4.69) is 26.5 Å². The number of carbonyl (C=O) groups is 1. The maximum absolute atomic E-state index is 12.0. The van der Waals surface area contributed by atoms with Crippen LogP contribution in [0.25, 0.3) is 0 Å². The number of nitrogens with one attached hydrogen (secondary N) is 1. The molecule has 0 spiro atoms. The van der Waals surface area contributed by atoms with Crippen molar-refractivity contribution in [3.63, 3.8) is 0 Å². The molecule has 2 aromatic rings. The Labute approximate surface area is 150 Å². The molecule has 124 valence electrons. The number of carbonyl (C=O) groups excluding carboxylic acids is 1. The molecular weight excluding hydrogens is 402 g/mol. The molecular formula is C15H11BrClN3O4. The van der Waals surface area contributed by atoms with E-state index < -0.39 is 10.8 Å². The van der Waals surface area contributed by atoms with Gasteiger partial charge in [0.2, 0.25) is 0 Å². The van der Waals surface area contributed by atoms with Gasteiger partial charge >= 0.3 is 0 Å². The standard InChI is InChI=1S/C15H11BrClN3O4/c1-24-14-5-3-11(16)6-10(14)8-18-19-15(21)9-2-4-12(17)13(7-9)20(22)23/h2-8H,1H3,(H,19,21)/b18-8-. The smallest absolute Gasteiger partial charge is 0.288 e. The van der Waals surface area contributed by atoms with Gasteiger partial charge in [-0.1, -0.05) is 27.5 Å². The quantitative estimate of drug-likeness (QED) is 0.459. The molecule has 0 fully saturated rings. The van der Waals surface area contributed by atoms with Crippen LogP contribution in [-0.4, -0.2) is 24.2 Å². The third kappa shape index (κ3) is 4.30. The van der Waals surface area contributed by atoms with E-state index in [1.54, 1.807) is 12.1 Å². The average molecular weight is 413 g/mol. The highest BCUT2D eigenvalue weighted by Crippen LogP contribution is 2.25. The van der Waals surface area contributed by atoms with Crippen LogP contribution in [0.4, 0.5) is 5.69 Å². The summed E-state index contributed by atoms with van der Waals surface area (Å²) in [5.41, 5.74) is 2.67. The second-order valence-electron chi connectivity index (χ2n) is 4.51. The molecule has 24 heavy (non-hydrogen) atoms. The van der Waals surface area contributed by atoms with Gasteiger partial charge in [-0.3, -0.25) is 14.9 Å². The van der Waals surface area contributed by atoms with Crippen LogP contribution in [0.3, 0.4) is 0 Å². The molecule has 0 saturated carbocycles. The summed E-state index contributed by atoms with van der Waals surface area (Å²) in [7, 11) is 1.52. The second kappa shape index (κ2) is 7.89. The minimum absolute atomic E-state index is 0.0427. The van der Waals surface area contributed by atoms with Crippen molar-refractivity contribution in [2.24, 2.45) is 5.10 Å². The molecule has 2 rings (SSSR count). The summed E-state index contributed by atoms with van der Waals surface area (Å²) in [6, 6.07) is 9.07. The van der Waals surface area contributed by atoms with Gasteiger partial charge in [0, 0.05) is 21.7 Å². The zero-order chi connectivity index (χ0) is 17.7. The zero-order valence-corrected chi connectivity index (χ0v) is 14.7. The number of halogens is 2. The summed E-state index contributed by atoms with van der Waals surface area (Å²) in [5.74, 6) is -0.0155. The lowest BCUT2D eigenvalue weighted by Crippen LogP contribution is -2.17. The van der Waals surface area contributed by atoms with E-state index in [4.69, 9.17) is 16.3 Å². The molecule has 0 aliphatic rings. The zero-order valence-electron chi connectivity index (χ0n) is 12.3. The number of methoxy groups -OCH3 is 1. The maximum atomic E-state index is 12.0. The van der Waals surface area contributed by atoms with Crippen LogP contribution >= 0.6 is 27.5 Å². The largest absolute Gasteiger partial charge is 0.496 e. The normalized spacial score (nSPS) is 10.6. The van der Waals surface area contributed by atoms with Crippen molar-refractivity contribution in [1.82, 2.24) is 5.43 Å². The molecule has 0 aromatic heterocycles. The number of ether oxygens (including phenoxy) is 1. The summed E-state index contributed by atoms with van der Waals surface area (Å²) in [4.78, 5) is 22.2. The number of nitro benzene ring substituents is 1. The molecule has 0 bridgehead atoms. The maximum Gasteiger partial charge on any atom is 0.288 e. The third-order valence-corrected chi connectivity index (χ3v) is 3.78. The van der Waals surface area contributed by atoms with E-state index >= 15 is 0 Å². The van der Waals surface area contributed by atoms with Crippen LogP contribution in [0.2, 0.25) is 5.02 Å². The van der Waals surface area contributed by atoms with E-state index in [9.17, 15) is 14.9 Å². The van der Waals surface area contributed by atoms with Crippen LogP contribution in [0.5, 0.6) is 5.75 Å². The van der Waals surface area contributed by atoms with E-state index in [0.29, 0.717) is 11.3 Å². The summed E-state index contributed by atoms with van der Waals surface area (Å²) in [6.07, 6.45) is 1.41. The number of benzene rings is 2. The molecule has 7 nitrogen and oxygen atoms in total. The van der Waals surface area contributed by atoms with Gasteiger partial charge in [0.05, 0.1) is 18.2 Å². The molecule has 0 atom stereocenters. The summed E-state index contributed by atoms with van der Waals surface area (Å²) in [5, 5.41) is 14.6. The van der Waals surface area contributed by atoms with Crippen molar-refractivity contribution >= 4 is 45.3 Å². The van der Waals surface area contributed by atoms with Gasteiger partial charge in [-0.15, -0.1) is 0 Å². The Morgan fingerprint density at radius 2 is 2.12 bits per heavy atom. The number of hydrogen-bond acceptors (Lipinski definition) is 5. The molecule has 9 heteroatoms. The summed E-state index contributed by atoms with van der Waals surface area (Å²) < 4.78 is 6.01. The van der Waals surface area contributed by atoms with Crippen molar-refractivity contribution in [2.45, 2.75) is 0 Å². The van der Waals surface area contributed by atoms with E-state index in [1.807, 2.05) is 6.07 Å². The molecule has 0 radical (unpaired) electrons. The van der Waals surface area contributed by atoms with Gasteiger partial charge < -0.3 is 4.74 Å². The van der Waals surface area contributed by atoms with Gasteiger partial charge in [-0.25, -0.2) is 5.43 Å². The van der Waals surface area contributed by atoms with Crippen LogP contribution in [0.15, 0.2) is 46.0 Å². The lowest BCUT2D eigenvalue weighted by atomic mass is 10.2. The highest BCUT2D eigenvalue weighted by Gasteiger charge is 2.16. The Bertz CT molecular complexity index is 826. The van der Waals surface area contributed by atoms with Crippen molar-refractivity contribution in [3.8, 4) is 5.75 Å². The van der Waals surface area contributed by atoms with Crippen molar-refractivity contribution in [1.29, 1.82) is 0 Å². The molecule has 0 unspecified atom stereocenters. The second-order valence-corrected chi connectivity index (χ2v) is 5.83. The molecule has 2 aromatic carbocycles. The molecule has 0 saturated heterocycles. The Morgan fingerprint density at radius 3 is 2.79 bits per heavy atom. The highest BCUT2D eigenvalue weighted by molar-refractivity contribution is 9.10. The van der Waals surface area contributed by atoms with Crippen LogP contribution < -0.4 is 10.2 Å². The lowest BCUT2D eigenvalue weighted by Gasteiger charge is -2.05. The topological polar surface area (TPSA) is 93.8 Å². The predicted octanol–water partition coefficient (Wildman–Crippen LogP) is 3.78. The molecule has 1 N–H and O–H groups in total. The first-order chi connectivity index (χ1) is 11.4. The Hall–Kier alpha value is -2.45. The average Bonchev–Trinajstić information content (AvgIpc) is 2.55. The fourth-order valence-corrected chi connectivity index (χ4v) is 2.39. The molecule has 0 aliphatic heterocycles. The Morgan fingerprint density at radius 1 is 1.38 bits per heavy atom. The monoisotopic (exact) mass is 411 g/mol. The first kappa shape index (κ1) is 17.9. The number of hydrazone groups is 1. The van der Waals surface area contributed by atoms with Crippen molar-refractivity contribution in [2.75, 3.05) is 7.11 Å². The summed E-state index contributed by atoms with van der Waals surface area (Å²) >= 11 is 9.04. The Balaban J connectivity index is 2.15. The minimum Gasteiger partial charge on any atom is -0.496 e. The number of hydrogen-bond donors (Lipinski definition) is 1. The fourth-order valence-electron chi connectivity index (χ4n) is 1.82. The third-order valence-electron chi connectivity index (χ3n) is 2.97. The van der Waals surface area contributed by atoms with Gasteiger partial charge in [0.15, 0.2) is 0 Å². The Kier molecular flexibility index (Phi) is 5.88. The number of nitro groups is 1. The van der Waals surface area contributed by atoms with Gasteiger partial charge in [-0.2, -0.15) is 5.10 Å². The van der Waals surface area contributed by atoms with Crippen molar-refractivity contribution in [3.05, 3.63) is 67.1 Å². The fraction of sp³-hybridized carbons (Fsp3) is 0.0667. The van der Waals surface area contributed by atoms with Crippen LogP contribution in [0, 0.1) is 10.1 Å². The van der Waals surface area contributed by atoms with Crippen LogP contribution in [0.1, 0.15) is 15.9 Å². The predicted molar refractivity (Wildman–Crippen MR) is 93.9 cm³/mol.